The van der Waals surface area contributed by atoms with Gasteiger partial charge in [0.1, 0.15) is 11.5 Å². The average Bonchev–Trinajstić information content (AvgIpc) is 2.28. The minimum absolute atomic E-state index is 0.267. The number of aromatic hydroxyl groups is 2. The fourth-order valence-corrected chi connectivity index (χ4v) is 1.73. The second-order valence-electron chi connectivity index (χ2n) is 3.89. The molecule has 0 saturated carbocycles. The fraction of sp³-hybridized carbons (Fsp3) is 0.143. The third-order valence-corrected chi connectivity index (χ3v) is 2.69. The maximum Gasteiger partial charge on any atom is 0.122 e. The van der Waals surface area contributed by atoms with Crippen molar-refractivity contribution in [2.45, 2.75) is 13.3 Å². The highest BCUT2D eigenvalue weighted by Gasteiger charge is 2.06. The summed E-state index contributed by atoms with van der Waals surface area (Å²) in [5.41, 5.74) is 2.51. The summed E-state index contributed by atoms with van der Waals surface area (Å²) < 4.78 is 0. The molecule has 0 bridgehead atoms. The Hall–Kier alpha value is -1.96. The number of benzene rings is 2. The van der Waals surface area contributed by atoms with Gasteiger partial charge in [0.15, 0.2) is 0 Å². The zero-order valence-corrected chi connectivity index (χ0v) is 9.14. The predicted molar refractivity (Wildman–Crippen MR) is 63.8 cm³/mol. The highest BCUT2D eigenvalue weighted by atomic mass is 16.3. The van der Waals surface area contributed by atoms with Crippen LogP contribution >= 0.6 is 0 Å². The van der Waals surface area contributed by atoms with Crippen molar-refractivity contribution in [3.05, 3.63) is 59.2 Å². The number of hydrogen-bond acceptors (Lipinski definition) is 2. The van der Waals surface area contributed by atoms with Gasteiger partial charge in [0.2, 0.25) is 0 Å². The van der Waals surface area contributed by atoms with Crippen LogP contribution in [0.2, 0.25) is 0 Å². The van der Waals surface area contributed by atoms with Gasteiger partial charge < -0.3 is 10.2 Å². The Bertz CT molecular complexity index is 504. The summed E-state index contributed by atoms with van der Waals surface area (Å²) in [6, 6.07) is 12.8. The third-order valence-electron chi connectivity index (χ3n) is 2.69. The summed E-state index contributed by atoms with van der Waals surface area (Å²) in [5.74, 6) is 0.578. The van der Waals surface area contributed by atoms with Crippen molar-refractivity contribution in [2.75, 3.05) is 0 Å². The van der Waals surface area contributed by atoms with Gasteiger partial charge in [-0.3, -0.25) is 0 Å². The second kappa shape index (κ2) is 4.27. The highest BCUT2D eigenvalue weighted by Crippen LogP contribution is 2.27. The number of aryl methyl sites for hydroxylation is 1. The molecule has 0 aliphatic heterocycles. The van der Waals surface area contributed by atoms with Gasteiger partial charge in [-0.05, 0) is 29.7 Å². The van der Waals surface area contributed by atoms with Gasteiger partial charge in [-0.2, -0.15) is 0 Å². The van der Waals surface area contributed by atoms with Crippen LogP contribution in [0.5, 0.6) is 11.5 Å². The van der Waals surface area contributed by atoms with Crippen molar-refractivity contribution in [1.29, 1.82) is 0 Å². The number of para-hydroxylation sites is 2. The number of hydrogen-bond donors (Lipinski definition) is 2. The second-order valence-corrected chi connectivity index (χ2v) is 3.89. The molecule has 0 aromatic heterocycles. The number of phenols is 2. The van der Waals surface area contributed by atoms with E-state index in [0.29, 0.717) is 12.2 Å². The normalized spacial score (nSPS) is 10.3. The van der Waals surface area contributed by atoms with E-state index in [1.54, 1.807) is 12.1 Å². The van der Waals surface area contributed by atoms with Crippen LogP contribution in [0.4, 0.5) is 0 Å². The first-order chi connectivity index (χ1) is 7.68. The molecule has 0 radical (unpaired) electrons. The topological polar surface area (TPSA) is 40.5 Å². The summed E-state index contributed by atoms with van der Waals surface area (Å²) in [7, 11) is 0. The Labute approximate surface area is 94.8 Å². The third kappa shape index (κ3) is 2.01. The molecule has 16 heavy (non-hydrogen) atoms. The van der Waals surface area contributed by atoms with Gasteiger partial charge in [-0.25, -0.2) is 0 Å². The van der Waals surface area contributed by atoms with Gasteiger partial charge in [0, 0.05) is 6.42 Å². The maximum atomic E-state index is 9.87. The van der Waals surface area contributed by atoms with Crippen molar-refractivity contribution in [3.8, 4) is 11.5 Å². The first-order valence-corrected chi connectivity index (χ1v) is 5.23. The Morgan fingerprint density at radius 2 is 1.56 bits per heavy atom. The summed E-state index contributed by atoms with van der Waals surface area (Å²) in [5, 5.41) is 19.5. The van der Waals surface area contributed by atoms with Gasteiger partial charge in [-0.1, -0.05) is 36.4 Å². The van der Waals surface area contributed by atoms with E-state index in [-0.39, 0.29) is 5.75 Å². The molecule has 2 heteroatoms. The molecule has 82 valence electrons. The minimum atomic E-state index is 0.267. The van der Waals surface area contributed by atoms with E-state index in [0.717, 1.165) is 16.7 Å². The van der Waals surface area contributed by atoms with Crippen molar-refractivity contribution < 1.29 is 10.2 Å². The Kier molecular flexibility index (Phi) is 2.82. The summed E-state index contributed by atoms with van der Waals surface area (Å²) >= 11 is 0. The van der Waals surface area contributed by atoms with E-state index in [9.17, 15) is 10.2 Å². The van der Waals surface area contributed by atoms with Crippen LogP contribution in [0.1, 0.15) is 16.7 Å². The molecular formula is C14H14O2. The SMILES string of the molecule is Cc1cccc(Cc2ccccc2O)c1O. The molecule has 0 heterocycles. The molecular weight excluding hydrogens is 200 g/mol. The van der Waals surface area contributed by atoms with Gasteiger partial charge in [-0.15, -0.1) is 0 Å². The van der Waals surface area contributed by atoms with Crippen LogP contribution in [-0.4, -0.2) is 10.2 Å². The van der Waals surface area contributed by atoms with Crippen molar-refractivity contribution in [1.82, 2.24) is 0 Å². The van der Waals surface area contributed by atoms with Crippen molar-refractivity contribution >= 4 is 0 Å². The molecule has 0 saturated heterocycles. The minimum Gasteiger partial charge on any atom is -0.508 e. The standard InChI is InChI=1S/C14H14O2/c1-10-5-4-7-12(14(10)16)9-11-6-2-3-8-13(11)15/h2-8,15-16H,9H2,1H3. The van der Waals surface area contributed by atoms with Crippen LogP contribution in [0.3, 0.4) is 0 Å². The van der Waals surface area contributed by atoms with E-state index < -0.39 is 0 Å². The Morgan fingerprint density at radius 1 is 0.875 bits per heavy atom. The molecule has 2 rings (SSSR count). The molecule has 0 spiro atoms. The molecule has 0 unspecified atom stereocenters. The molecule has 2 N–H and O–H groups in total. The molecule has 0 amide bonds. The molecule has 2 nitrogen and oxygen atoms in total. The van der Waals surface area contributed by atoms with Crippen molar-refractivity contribution in [2.24, 2.45) is 0 Å². The monoisotopic (exact) mass is 214 g/mol. The first kappa shape index (κ1) is 10.6. The predicted octanol–water partition coefficient (Wildman–Crippen LogP) is 3.00. The van der Waals surface area contributed by atoms with E-state index in [1.807, 2.05) is 37.3 Å². The quantitative estimate of drug-likeness (QED) is 0.806. The fourth-order valence-electron chi connectivity index (χ4n) is 1.73. The van der Waals surface area contributed by atoms with Crippen molar-refractivity contribution in [3.63, 3.8) is 0 Å². The highest BCUT2D eigenvalue weighted by molar-refractivity contribution is 5.44. The summed E-state index contributed by atoms with van der Waals surface area (Å²) in [6.45, 7) is 1.86. The van der Waals surface area contributed by atoms with E-state index >= 15 is 0 Å². The van der Waals surface area contributed by atoms with E-state index in [1.165, 1.54) is 0 Å². The molecule has 0 atom stereocenters. The van der Waals surface area contributed by atoms with E-state index in [4.69, 9.17) is 0 Å². The van der Waals surface area contributed by atoms with E-state index in [2.05, 4.69) is 0 Å². The first-order valence-electron chi connectivity index (χ1n) is 5.23. The van der Waals surface area contributed by atoms with Crippen LogP contribution in [0.25, 0.3) is 0 Å². The largest absolute Gasteiger partial charge is 0.508 e. The Morgan fingerprint density at radius 3 is 2.31 bits per heavy atom. The van der Waals surface area contributed by atoms with Gasteiger partial charge in [0.25, 0.3) is 0 Å². The number of rotatable bonds is 2. The summed E-state index contributed by atoms with van der Waals surface area (Å²) in [6.07, 6.45) is 0.542. The lowest BCUT2D eigenvalue weighted by atomic mass is 10.0. The molecule has 2 aromatic rings. The zero-order valence-electron chi connectivity index (χ0n) is 9.14. The lowest BCUT2D eigenvalue weighted by Gasteiger charge is -2.08. The summed E-state index contributed by atoms with van der Waals surface area (Å²) in [4.78, 5) is 0. The molecule has 0 aliphatic rings. The van der Waals surface area contributed by atoms with Gasteiger partial charge in [0.05, 0.1) is 0 Å². The average molecular weight is 214 g/mol. The van der Waals surface area contributed by atoms with Crippen LogP contribution in [0, 0.1) is 6.92 Å². The Balaban J connectivity index is 2.35. The molecule has 0 fully saturated rings. The number of phenolic OH excluding ortho intramolecular Hbond substituents is 2. The molecule has 0 aliphatic carbocycles. The maximum absolute atomic E-state index is 9.87. The van der Waals surface area contributed by atoms with Crippen LogP contribution in [0.15, 0.2) is 42.5 Å². The lowest BCUT2D eigenvalue weighted by Crippen LogP contribution is -1.90. The van der Waals surface area contributed by atoms with Gasteiger partial charge >= 0.3 is 0 Å². The smallest absolute Gasteiger partial charge is 0.122 e. The van der Waals surface area contributed by atoms with Crippen LogP contribution < -0.4 is 0 Å². The van der Waals surface area contributed by atoms with Crippen LogP contribution in [-0.2, 0) is 6.42 Å². The molecule has 2 aromatic carbocycles. The zero-order chi connectivity index (χ0) is 11.5. The lowest BCUT2D eigenvalue weighted by molar-refractivity contribution is 0.460.